The van der Waals surface area contributed by atoms with Crippen LogP contribution in [0.4, 0.5) is 0 Å². The topological polar surface area (TPSA) is 38.3 Å². The fourth-order valence-electron chi connectivity index (χ4n) is 2.14. The van der Waals surface area contributed by atoms with E-state index in [1.165, 1.54) is 7.11 Å². The van der Waals surface area contributed by atoms with Crippen LogP contribution < -0.4 is 5.32 Å². The maximum Gasteiger partial charge on any atom is 0.309 e. The molecule has 0 radical (unpaired) electrons. The van der Waals surface area contributed by atoms with E-state index in [2.05, 4.69) is 5.32 Å². The first-order chi connectivity index (χ1) is 5.34. The predicted molar refractivity (Wildman–Crippen MR) is 40.0 cm³/mol. The Bertz CT molecular complexity index is 169. The van der Waals surface area contributed by atoms with Gasteiger partial charge in [0.15, 0.2) is 0 Å². The molecule has 0 bridgehead atoms. The Labute approximate surface area is 66.1 Å². The first-order valence-corrected chi connectivity index (χ1v) is 4.13. The normalized spacial score (nSPS) is 41.0. The van der Waals surface area contributed by atoms with Gasteiger partial charge < -0.3 is 10.1 Å². The molecule has 0 aromatic heterocycles. The number of rotatable bonds is 1. The summed E-state index contributed by atoms with van der Waals surface area (Å²) in [6.45, 7) is 2.07. The molecule has 62 valence electrons. The highest BCUT2D eigenvalue weighted by atomic mass is 16.5. The average Bonchev–Trinajstić information content (AvgIpc) is 2.77. The minimum atomic E-state index is -0.0105. The Morgan fingerprint density at radius 2 is 2.36 bits per heavy atom. The molecule has 1 saturated carbocycles. The lowest BCUT2D eigenvalue weighted by molar-refractivity contribution is -0.142. The first-order valence-electron chi connectivity index (χ1n) is 4.13. The van der Waals surface area contributed by atoms with Crippen LogP contribution in [0.1, 0.15) is 6.42 Å². The van der Waals surface area contributed by atoms with Crippen molar-refractivity contribution in [3.05, 3.63) is 0 Å². The van der Waals surface area contributed by atoms with Gasteiger partial charge in [-0.3, -0.25) is 4.79 Å². The van der Waals surface area contributed by atoms with E-state index in [1.807, 2.05) is 0 Å². The molecule has 2 aliphatic rings. The van der Waals surface area contributed by atoms with Crippen LogP contribution in [0.2, 0.25) is 0 Å². The lowest BCUT2D eigenvalue weighted by Gasteiger charge is -2.07. The predicted octanol–water partition coefficient (Wildman–Crippen LogP) is 0.0149. The van der Waals surface area contributed by atoms with Gasteiger partial charge in [0, 0.05) is 0 Å². The number of carbonyl (C=O) groups excluding carboxylic acids is 1. The molecule has 1 N–H and O–H groups in total. The molecule has 1 aliphatic carbocycles. The molecule has 1 saturated heterocycles. The van der Waals surface area contributed by atoms with E-state index in [-0.39, 0.29) is 11.9 Å². The smallest absolute Gasteiger partial charge is 0.309 e. The SMILES string of the molecule is COC(=O)[C@H]1[C@@H]2CNCC[C@@H]21. The molecule has 2 rings (SSSR count). The van der Waals surface area contributed by atoms with Gasteiger partial charge in [-0.15, -0.1) is 0 Å². The zero-order valence-corrected chi connectivity index (χ0v) is 6.67. The van der Waals surface area contributed by atoms with E-state index in [1.54, 1.807) is 0 Å². The lowest BCUT2D eigenvalue weighted by Crippen LogP contribution is -2.23. The molecular weight excluding hydrogens is 142 g/mol. The second-order valence-corrected chi connectivity index (χ2v) is 3.37. The minimum absolute atomic E-state index is 0.0105. The maximum absolute atomic E-state index is 11.1. The Kier molecular flexibility index (Phi) is 1.60. The number of piperidine rings is 1. The number of fused-ring (bicyclic) bond motifs is 1. The van der Waals surface area contributed by atoms with E-state index >= 15 is 0 Å². The molecule has 0 amide bonds. The van der Waals surface area contributed by atoms with Gasteiger partial charge in [-0.05, 0) is 31.3 Å². The molecular formula is C8H13NO2. The molecule has 11 heavy (non-hydrogen) atoms. The van der Waals surface area contributed by atoms with Crippen molar-refractivity contribution in [1.82, 2.24) is 5.32 Å². The molecule has 3 heteroatoms. The van der Waals surface area contributed by atoms with Crippen molar-refractivity contribution in [3.63, 3.8) is 0 Å². The van der Waals surface area contributed by atoms with Crippen LogP contribution in [-0.4, -0.2) is 26.2 Å². The second kappa shape index (κ2) is 2.48. The zero-order valence-electron chi connectivity index (χ0n) is 6.67. The highest BCUT2D eigenvalue weighted by Crippen LogP contribution is 2.50. The number of carbonyl (C=O) groups is 1. The van der Waals surface area contributed by atoms with E-state index in [4.69, 9.17) is 4.74 Å². The van der Waals surface area contributed by atoms with E-state index in [0.717, 1.165) is 19.5 Å². The van der Waals surface area contributed by atoms with Crippen LogP contribution in [0.25, 0.3) is 0 Å². The summed E-state index contributed by atoms with van der Waals surface area (Å²) in [5.41, 5.74) is 0. The third kappa shape index (κ3) is 1.03. The Hall–Kier alpha value is -0.570. The number of hydrogen-bond acceptors (Lipinski definition) is 3. The molecule has 0 spiro atoms. The highest BCUT2D eigenvalue weighted by molar-refractivity contribution is 5.76. The molecule has 0 aromatic carbocycles. The molecule has 3 nitrogen and oxygen atoms in total. The second-order valence-electron chi connectivity index (χ2n) is 3.37. The highest BCUT2D eigenvalue weighted by Gasteiger charge is 2.55. The maximum atomic E-state index is 11.1. The van der Waals surface area contributed by atoms with Crippen molar-refractivity contribution in [2.45, 2.75) is 6.42 Å². The number of esters is 1. The van der Waals surface area contributed by atoms with Crippen molar-refractivity contribution >= 4 is 5.97 Å². The van der Waals surface area contributed by atoms with Crippen molar-refractivity contribution < 1.29 is 9.53 Å². The average molecular weight is 155 g/mol. The molecule has 1 heterocycles. The van der Waals surface area contributed by atoms with Gasteiger partial charge in [0.25, 0.3) is 0 Å². The van der Waals surface area contributed by atoms with Crippen LogP contribution in [0.5, 0.6) is 0 Å². The van der Waals surface area contributed by atoms with Crippen LogP contribution in [0.15, 0.2) is 0 Å². The molecule has 0 aromatic rings. The third-order valence-corrected chi connectivity index (χ3v) is 2.84. The van der Waals surface area contributed by atoms with Crippen LogP contribution in [0.3, 0.4) is 0 Å². The minimum Gasteiger partial charge on any atom is -0.469 e. The van der Waals surface area contributed by atoms with Gasteiger partial charge in [-0.1, -0.05) is 0 Å². The molecule has 2 fully saturated rings. The summed E-state index contributed by atoms with van der Waals surface area (Å²) in [6, 6.07) is 0. The van der Waals surface area contributed by atoms with Gasteiger partial charge in [-0.2, -0.15) is 0 Å². The summed E-state index contributed by atoms with van der Waals surface area (Å²) in [4.78, 5) is 11.1. The number of nitrogens with one attached hydrogen (secondary N) is 1. The lowest BCUT2D eigenvalue weighted by atomic mass is 10.2. The quantitative estimate of drug-likeness (QED) is 0.542. The molecule has 3 atom stereocenters. The van der Waals surface area contributed by atoms with Gasteiger partial charge in [0.2, 0.25) is 0 Å². The Morgan fingerprint density at radius 1 is 1.55 bits per heavy atom. The first kappa shape index (κ1) is 7.10. The van der Waals surface area contributed by atoms with Gasteiger partial charge in [0.05, 0.1) is 13.0 Å². The van der Waals surface area contributed by atoms with Crippen LogP contribution in [-0.2, 0) is 9.53 Å². The fourth-order valence-corrected chi connectivity index (χ4v) is 2.14. The van der Waals surface area contributed by atoms with E-state index in [9.17, 15) is 4.79 Å². The summed E-state index contributed by atoms with van der Waals surface area (Å²) in [5.74, 6) is 1.42. The monoisotopic (exact) mass is 155 g/mol. The summed E-state index contributed by atoms with van der Waals surface area (Å²) in [7, 11) is 1.47. The standard InChI is InChI=1S/C8H13NO2/c1-11-8(10)7-5-2-3-9-4-6(5)7/h5-7,9H,2-4H2,1H3/t5-,6+,7+/m0/s1. The van der Waals surface area contributed by atoms with Crippen molar-refractivity contribution in [1.29, 1.82) is 0 Å². The number of hydrogen-bond donors (Lipinski definition) is 1. The van der Waals surface area contributed by atoms with E-state index in [0.29, 0.717) is 11.8 Å². The number of methoxy groups -OCH3 is 1. The number of ether oxygens (including phenoxy) is 1. The van der Waals surface area contributed by atoms with Crippen LogP contribution in [0, 0.1) is 17.8 Å². The van der Waals surface area contributed by atoms with E-state index < -0.39 is 0 Å². The summed E-state index contributed by atoms with van der Waals surface area (Å²) in [6.07, 6.45) is 1.14. The van der Waals surface area contributed by atoms with Crippen LogP contribution >= 0.6 is 0 Å². The van der Waals surface area contributed by atoms with Gasteiger partial charge in [0.1, 0.15) is 0 Å². The Morgan fingerprint density at radius 3 is 2.91 bits per heavy atom. The van der Waals surface area contributed by atoms with Gasteiger partial charge in [-0.25, -0.2) is 0 Å². The van der Waals surface area contributed by atoms with Crippen molar-refractivity contribution in [2.24, 2.45) is 17.8 Å². The van der Waals surface area contributed by atoms with Crippen molar-refractivity contribution in [2.75, 3.05) is 20.2 Å². The van der Waals surface area contributed by atoms with Crippen molar-refractivity contribution in [3.8, 4) is 0 Å². The third-order valence-electron chi connectivity index (χ3n) is 2.84. The summed E-state index contributed by atoms with van der Waals surface area (Å²) >= 11 is 0. The van der Waals surface area contributed by atoms with Gasteiger partial charge >= 0.3 is 5.97 Å². The largest absolute Gasteiger partial charge is 0.469 e. The molecule has 1 aliphatic heterocycles. The molecule has 0 unspecified atom stereocenters. The summed E-state index contributed by atoms with van der Waals surface area (Å²) < 4.78 is 4.70. The fraction of sp³-hybridized carbons (Fsp3) is 0.875. The summed E-state index contributed by atoms with van der Waals surface area (Å²) in [5, 5.41) is 3.28. The zero-order chi connectivity index (χ0) is 7.84. The Balaban J connectivity index is 1.94.